The summed E-state index contributed by atoms with van der Waals surface area (Å²) < 4.78 is 6.13. The van der Waals surface area contributed by atoms with Crippen LogP contribution >= 0.6 is 0 Å². The smallest absolute Gasteiger partial charge is 0.135 e. The van der Waals surface area contributed by atoms with Crippen molar-refractivity contribution in [2.75, 3.05) is 4.90 Å². The van der Waals surface area contributed by atoms with E-state index >= 15 is 0 Å². The van der Waals surface area contributed by atoms with Crippen molar-refractivity contribution in [3.63, 3.8) is 0 Å². The summed E-state index contributed by atoms with van der Waals surface area (Å²) in [7, 11) is 0. The average Bonchev–Trinajstić information content (AvgIpc) is 3.65. The van der Waals surface area contributed by atoms with Crippen LogP contribution in [0.2, 0.25) is 0 Å². The molecule has 0 N–H and O–H groups in total. The van der Waals surface area contributed by atoms with Gasteiger partial charge in [-0.3, -0.25) is 0 Å². The van der Waals surface area contributed by atoms with E-state index in [-0.39, 0.29) is 0 Å². The normalized spacial score (nSPS) is 11.6. The van der Waals surface area contributed by atoms with E-state index in [4.69, 9.17) is 4.42 Å². The van der Waals surface area contributed by atoms with Crippen LogP contribution in [0.25, 0.3) is 87.6 Å². The van der Waals surface area contributed by atoms with Crippen molar-refractivity contribution in [3.05, 3.63) is 212 Å². The van der Waals surface area contributed by atoms with Crippen LogP contribution in [0.5, 0.6) is 0 Å². The van der Waals surface area contributed by atoms with Crippen molar-refractivity contribution in [1.29, 1.82) is 0 Å². The van der Waals surface area contributed by atoms with Gasteiger partial charge in [-0.15, -0.1) is 0 Å². The van der Waals surface area contributed by atoms with Crippen LogP contribution < -0.4 is 4.90 Å². The number of rotatable bonds is 6. The molecule has 11 aromatic rings. The van der Waals surface area contributed by atoms with Gasteiger partial charge in [0.15, 0.2) is 0 Å². The zero-order chi connectivity index (χ0) is 37.0. The van der Waals surface area contributed by atoms with Crippen LogP contribution in [0.1, 0.15) is 0 Å². The van der Waals surface area contributed by atoms with Gasteiger partial charge >= 0.3 is 0 Å². The molecule has 2 nitrogen and oxygen atoms in total. The third-order valence-electron chi connectivity index (χ3n) is 11.3. The van der Waals surface area contributed by atoms with Crippen molar-refractivity contribution in [3.8, 4) is 33.4 Å². The Labute approximate surface area is 325 Å². The molecule has 1 aromatic heterocycles. The Hall–Kier alpha value is -7.42. The number of benzene rings is 10. The summed E-state index contributed by atoms with van der Waals surface area (Å²) in [5, 5.41) is 9.85. The van der Waals surface area contributed by atoms with Crippen LogP contribution in [0.3, 0.4) is 0 Å². The Balaban J connectivity index is 1.05. The van der Waals surface area contributed by atoms with Gasteiger partial charge < -0.3 is 9.32 Å². The Morgan fingerprint density at radius 1 is 0.232 bits per heavy atom. The first-order valence-electron chi connectivity index (χ1n) is 19.2. The third kappa shape index (κ3) is 5.42. The molecule has 0 saturated carbocycles. The van der Waals surface area contributed by atoms with Crippen molar-refractivity contribution >= 4 is 71.3 Å². The van der Waals surface area contributed by atoms with Crippen LogP contribution in [-0.4, -0.2) is 0 Å². The van der Waals surface area contributed by atoms with E-state index in [1.165, 1.54) is 54.6 Å². The van der Waals surface area contributed by atoms with Gasteiger partial charge in [-0.1, -0.05) is 158 Å². The average molecular weight is 714 g/mol. The topological polar surface area (TPSA) is 16.4 Å². The fraction of sp³-hybridized carbons (Fsp3) is 0. The minimum absolute atomic E-state index is 0.906. The lowest BCUT2D eigenvalue weighted by atomic mass is 9.94. The lowest BCUT2D eigenvalue weighted by Gasteiger charge is -2.27. The third-order valence-corrected chi connectivity index (χ3v) is 11.3. The standard InChI is InChI=1S/C54H35NO/c1-2-11-36(12-3-1)37-21-23-38(24-22-37)40-13-10-14-43(33-40)55(44-30-31-49-47-17-5-4-15-45(47)46-16-6-7-18-48(46)51(49)35-44)42-28-25-39(26-29-42)41-27-32-54-52(34-41)50-19-8-9-20-53(50)56-54/h1-35H. The number of para-hydroxylation sites is 1. The Morgan fingerprint density at radius 2 is 0.679 bits per heavy atom. The van der Waals surface area contributed by atoms with Gasteiger partial charge in [-0.2, -0.15) is 0 Å². The van der Waals surface area contributed by atoms with Gasteiger partial charge in [0.05, 0.1) is 0 Å². The van der Waals surface area contributed by atoms with E-state index in [2.05, 4.69) is 205 Å². The zero-order valence-corrected chi connectivity index (χ0v) is 30.6. The fourth-order valence-corrected chi connectivity index (χ4v) is 8.50. The highest BCUT2D eigenvalue weighted by molar-refractivity contribution is 6.25. The van der Waals surface area contributed by atoms with Gasteiger partial charge in [0.25, 0.3) is 0 Å². The molecule has 0 radical (unpaired) electrons. The van der Waals surface area contributed by atoms with E-state index < -0.39 is 0 Å². The highest BCUT2D eigenvalue weighted by atomic mass is 16.3. The molecule has 0 fully saturated rings. The van der Waals surface area contributed by atoms with E-state index in [1.807, 2.05) is 12.1 Å². The van der Waals surface area contributed by atoms with Crippen molar-refractivity contribution in [1.82, 2.24) is 0 Å². The Kier molecular flexibility index (Phi) is 7.53. The fourth-order valence-electron chi connectivity index (χ4n) is 8.50. The summed E-state index contributed by atoms with van der Waals surface area (Å²) in [6.45, 7) is 0. The summed E-state index contributed by atoms with van der Waals surface area (Å²) in [5.74, 6) is 0. The monoisotopic (exact) mass is 713 g/mol. The molecule has 0 atom stereocenters. The van der Waals surface area contributed by atoms with Gasteiger partial charge in [-0.25, -0.2) is 0 Å². The quantitative estimate of drug-likeness (QED) is 0.160. The van der Waals surface area contributed by atoms with Gasteiger partial charge in [0.1, 0.15) is 11.2 Å². The molecule has 0 aliphatic heterocycles. The van der Waals surface area contributed by atoms with Crippen LogP contribution in [-0.2, 0) is 0 Å². The minimum atomic E-state index is 0.906. The molecule has 1 heterocycles. The molecule has 10 aromatic carbocycles. The molecule has 11 rings (SSSR count). The second-order valence-corrected chi connectivity index (χ2v) is 14.5. The van der Waals surface area contributed by atoms with Crippen LogP contribution in [0, 0.1) is 0 Å². The minimum Gasteiger partial charge on any atom is -0.456 e. The number of furan rings is 1. The van der Waals surface area contributed by atoms with Crippen molar-refractivity contribution < 1.29 is 4.42 Å². The molecule has 0 spiro atoms. The highest BCUT2D eigenvalue weighted by Gasteiger charge is 2.17. The van der Waals surface area contributed by atoms with Gasteiger partial charge in [-0.05, 0) is 120 Å². The molecular formula is C54H35NO. The molecule has 0 amide bonds. The van der Waals surface area contributed by atoms with E-state index in [0.717, 1.165) is 50.1 Å². The van der Waals surface area contributed by atoms with Crippen LogP contribution in [0.15, 0.2) is 217 Å². The summed E-state index contributed by atoms with van der Waals surface area (Å²) in [6.07, 6.45) is 0. The molecule has 56 heavy (non-hydrogen) atoms. The number of nitrogens with zero attached hydrogens (tertiary/aromatic N) is 1. The summed E-state index contributed by atoms with van der Waals surface area (Å²) in [5.41, 5.74) is 12.2. The SMILES string of the molecule is c1ccc(-c2ccc(-c3cccc(N(c4ccc(-c5ccc6oc7ccccc7c6c5)cc4)c4ccc5c6ccccc6c6ccccc6c5c4)c3)cc2)cc1. The first-order valence-corrected chi connectivity index (χ1v) is 19.2. The number of fused-ring (bicyclic) bond motifs is 9. The summed E-state index contributed by atoms with van der Waals surface area (Å²) >= 11 is 0. The maximum Gasteiger partial charge on any atom is 0.135 e. The molecule has 2 heteroatoms. The van der Waals surface area contributed by atoms with Crippen LogP contribution in [0.4, 0.5) is 17.1 Å². The van der Waals surface area contributed by atoms with Crippen molar-refractivity contribution in [2.24, 2.45) is 0 Å². The first-order chi connectivity index (χ1) is 27.7. The largest absolute Gasteiger partial charge is 0.456 e. The number of hydrogen-bond acceptors (Lipinski definition) is 2. The molecule has 0 saturated heterocycles. The Morgan fingerprint density at radius 3 is 1.38 bits per heavy atom. The van der Waals surface area contributed by atoms with Crippen molar-refractivity contribution in [2.45, 2.75) is 0 Å². The number of hydrogen-bond donors (Lipinski definition) is 0. The molecule has 0 bridgehead atoms. The lowest BCUT2D eigenvalue weighted by molar-refractivity contribution is 0.669. The maximum atomic E-state index is 6.13. The van der Waals surface area contributed by atoms with Gasteiger partial charge in [0, 0.05) is 27.8 Å². The molecule has 0 unspecified atom stereocenters. The van der Waals surface area contributed by atoms with Gasteiger partial charge in [0.2, 0.25) is 0 Å². The Bertz CT molecular complexity index is 3200. The number of anilines is 3. The second-order valence-electron chi connectivity index (χ2n) is 14.5. The first kappa shape index (κ1) is 32.0. The summed E-state index contributed by atoms with van der Waals surface area (Å²) in [6, 6.07) is 76.6. The molecular weight excluding hydrogens is 679 g/mol. The lowest BCUT2D eigenvalue weighted by Crippen LogP contribution is -2.10. The molecule has 0 aliphatic carbocycles. The predicted octanol–water partition coefficient (Wildman–Crippen LogP) is 15.5. The summed E-state index contributed by atoms with van der Waals surface area (Å²) in [4.78, 5) is 2.39. The highest BCUT2D eigenvalue weighted by Crippen LogP contribution is 2.42. The van der Waals surface area contributed by atoms with E-state index in [1.54, 1.807) is 0 Å². The second kappa shape index (κ2) is 13.2. The maximum absolute atomic E-state index is 6.13. The zero-order valence-electron chi connectivity index (χ0n) is 30.6. The van der Waals surface area contributed by atoms with E-state index in [0.29, 0.717) is 0 Å². The predicted molar refractivity (Wildman–Crippen MR) is 237 cm³/mol. The molecule has 0 aliphatic rings. The molecule has 262 valence electrons. The van der Waals surface area contributed by atoms with E-state index in [9.17, 15) is 0 Å².